The maximum atomic E-state index is 13.4. The predicted octanol–water partition coefficient (Wildman–Crippen LogP) is 2.24. The number of carbonyl (C=O) groups excluding carboxylic acids is 2. The van der Waals surface area contributed by atoms with Crippen LogP contribution in [0, 0.1) is 0 Å². The van der Waals surface area contributed by atoms with Gasteiger partial charge in [-0.15, -0.1) is 0 Å². The summed E-state index contributed by atoms with van der Waals surface area (Å²) < 4.78 is 28.1. The molecular formula is C23H32N4O4S. The van der Waals surface area contributed by atoms with Crippen molar-refractivity contribution in [2.75, 3.05) is 31.5 Å². The monoisotopic (exact) mass is 460 g/mol. The third-order valence-corrected chi connectivity index (χ3v) is 6.80. The zero-order valence-electron chi connectivity index (χ0n) is 19.1. The van der Waals surface area contributed by atoms with E-state index in [4.69, 9.17) is 0 Å². The van der Waals surface area contributed by atoms with Gasteiger partial charge in [0.1, 0.15) is 12.6 Å². The normalized spacial score (nSPS) is 12.3. The zero-order chi connectivity index (χ0) is 23.7. The average Bonchev–Trinajstić information content (AvgIpc) is 2.79. The lowest BCUT2D eigenvalue weighted by molar-refractivity contribution is -0.139. The molecule has 0 aliphatic carbocycles. The van der Waals surface area contributed by atoms with Crippen molar-refractivity contribution in [1.29, 1.82) is 0 Å². The molecule has 174 valence electrons. The fraction of sp³-hybridized carbons (Fsp3) is 0.391. The number of benzene rings is 2. The van der Waals surface area contributed by atoms with Crippen LogP contribution in [0.1, 0.15) is 25.8 Å². The lowest BCUT2D eigenvalue weighted by Crippen LogP contribution is -2.52. The predicted molar refractivity (Wildman–Crippen MR) is 126 cm³/mol. The van der Waals surface area contributed by atoms with Crippen molar-refractivity contribution in [3.8, 4) is 0 Å². The standard InChI is InChI=1S/C23H32N4O4S/c1-5-16-24-23(29)19(2)26(17-20-12-8-6-9-13-20)22(28)18-27(32(30,31)25(3)4)21-14-10-7-11-15-21/h6-15,19H,5,16-18H2,1-4H3,(H,24,29)/t19-/m0/s1. The molecule has 0 radical (unpaired) electrons. The summed E-state index contributed by atoms with van der Waals surface area (Å²) in [5.41, 5.74) is 1.22. The minimum Gasteiger partial charge on any atom is -0.354 e. The van der Waals surface area contributed by atoms with E-state index in [-0.39, 0.29) is 12.5 Å². The molecule has 0 aliphatic heterocycles. The van der Waals surface area contributed by atoms with Crippen LogP contribution >= 0.6 is 0 Å². The molecule has 0 bridgehead atoms. The van der Waals surface area contributed by atoms with Crippen molar-refractivity contribution in [2.45, 2.75) is 32.9 Å². The summed E-state index contributed by atoms with van der Waals surface area (Å²) in [6.07, 6.45) is 0.772. The van der Waals surface area contributed by atoms with Gasteiger partial charge in [-0.2, -0.15) is 12.7 Å². The third kappa shape index (κ3) is 6.54. The molecular weight excluding hydrogens is 428 g/mol. The van der Waals surface area contributed by atoms with Crippen LogP contribution in [0.2, 0.25) is 0 Å². The molecule has 0 heterocycles. The van der Waals surface area contributed by atoms with E-state index in [1.165, 1.54) is 19.0 Å². The molecule has 0 unspecified atom stereocenters. The maximum absolute atomic E-state index is 13.4. The molecule has 2 aromatic carbocycles. The summed E-state index contributed by atoms with van der Waals surface area (Å²) in [5.74, 6) is -0.750. The average molecular weight is 461 g/mol. The van der Waals surface area contributed by atoms with Gasteiger partial charge in [-0.05, 0) is 31.0 Å². The highest BCUT2D eigenvalue weighted by Gasteiger charge is 2.32. The van der Waals surface area contributed by atoms with Crippen molar-refractivity contribution in [3.05, 3.63) is 66.2 Å². The molecule has 0 aromatic heterocycles. The first kappa shape index (κ1) is 25.4. The molecule has 2 amide bonds. The number of carbonyl (C=O) groups is 2. The molecule has 2 rings (SSSR count). The van der Waals surface area contributed by atoms with Gasteiger partial charge in [0.2, 0.25) is 11.8 Å². The Labute approximate surface area is 191 Å². The smallest absolute Gasteiger partial charge is 0.304 e. The lowest BCUT2D eigenvalue weighted by atomic mass is 10.1. The Morgan fingerprint density at radius 1 is 0.969 bits per heavy atom. The maximum Gasteiger partial charge on any atom is 0.304 e. The Balaban J connectivity index is 2.38. The van der Waals surface area contributed by atoms with Crippen LogP contribution in [0.4, 0.5) is 5.69 Å². The summed E-state index contributed by atoms with van der Waals surface area (Å²) in [5, 5.41) is 2.81. The molecule has 0 aliphatic rings. The molecule has 1 atom stereocenters. The van der Waals surface area contributed by atoms with E-state index in [9.17, 15) is 18.0 Å². The quantitative estimate of drug-likeness (QED) is 0.557. The Kier molecular flexibility index (Phi) is 9.22. The molecule has 0 saturated heterocycles. The summed E-state index contributed by atoms with van der Waals surface area (Å²) in [7, 11) is -1.11. The van der Waals surface area contributed by atoms with Gasteiger partial charge in [-0.3, -0.25) is 9.59 Å². The topological polar surface area (TPSA) is 90.0 Å². The first-order chi connectivity index (χ1) is 15.2. The Morgan fingerprint density at radius 2 is 1.53 bits per heavy atom. The second-order valence-electron chi connectivity index (χ2n) is 7.61. The van der Waals surface area contributed by atoms with Gasteiger partial charge < -0.3 is 10.2 Å². The number of hydrogen-bond donors (Lipinski definition) is 1. The molecule has 1 N–H and O–H groups in total. The highest BCUT2D eigenvalue weighted by atomic mass is 32.2. The van der Waals surface area contributed by atoms with E-state index in [2.05, 4.69) is 5.32 Å². The van der Waals surface area contributed by atoms with E-state index in [0.29, 0.717) is 12.2 Å². The van der Waals surface area contributed by atoms with Crippen LogP contribution in [0.15, 0.2) is 60.7 Å². The summed E-state index contributed by atoms with van der Waals surface area (Å²) in [6.45, 7) is 3.86. The number of nitrogens with zero attached hydrogens (tertiary/aromatic N) is 3. The summed E-state index contributed by atoms with van der Waals surface area (Å²) >= 11 is 0. The van der Waals surface area contributed by atoms with Crippen LogP contribution in [0.25, 0.3) is 0 Å². The van der Waals surface area contributed by atoms with Gasteiger partial charge in [0.25, 0.3) is 0 Å². The molecule has 9 heteroatoms. The molecule has 0 saturated carbocycles. The van der Waals surface area contributed by atoms with Gasteiger partial charge in [-0.1, -0.05) is 55.5 Å². The SMILES string of the molecule is CCCNC(=O)[C@H](C)N(Cc1ccccc1)C(=O)CN(c1ccccc1)S(=O)(=O)N(C)C. The number of hydrogen-bond acceptors (Lipinski definition) is 4. The summed E-state index contributed by atoms with van der Waals surface area (Å²) in [6, 6.07) is 17.0. The van der Waals surface area contributed by atoms with Crippen LogP contribution < -0.4 is 9.62 Å². The number of anilines is 1. The van der Waals surface area contributed by atoms with Gasteiger partial charge in [-0.25, -0.2) is 4.31 Å². The second kappa shape index (κ2) is 11.6. The summed E-state index contributed by atoms with van der Waals surface area (Å²) in [4.78, 5) is 27.5. The number of nitrogens with one attached hydrogen (secondary N) is 1. The molecule has 0 spiro atoms. The zero-order valence-corrected chi connectivity index (χ0v) is 19.9. The minimum atomic E-state index is -3.93. The van der Waals surface area contributed by atoms with Gasteiger partial charge in [0.05, 0.1) is 5.69 Å². The molecule has 32 heavy (non-hydrogen) atoms. The van der Waals surface area contributed by atoms with Crippen LogP contribution in [0.5, 0.6) is 0 Å². The highest BCUT2D eigenvalue weighted by Crippen LogP contribution is 2.20. The van der Waals surface area contributed by atoms with Crippen LogP contribution in [-0.2, 0) is 26.3 Å². The lowest BCUT2D eigenvalue weighted by Gasteiger charge is -2.32. The van der Waals surface area contributed by atoms with E-state index in [0.717, 1.165) is 20.6 Å². The molecule has 8 nitrogen and oxygen atoms in total. The van der Waals surface area contributed by atoms with Crippen molar-refractivity contribution >= 4 is 27.7 Å². The van der Waals surface area contributed by atoms with Crippen molar-refractivity contribution in [2.24, 2.45) is 0 Å². The molecule has 2 aromatic rings. The number of amides is 2. The van der Waals surface area contributed by atoms with E-state index in [1.807, 2.05) is 37.3 Å². The van der Waals surface area contributed by atoms with E-state index < -0.39 is 28.7 Å². The Bertz CT molecular complexity index is 982. The van der Waals surface area contributed by atoms with Crippen LogP contribution in [-0.4, -0.2) is 62.7 Å². The van der Waals surface area contributed by atoms with Crippen molar-refractivity contribution in [3.63, 3.8) is 0 Å². The fourth-order valence-electron chi connectivity index (χ4n) is 3.07. The third-order valence-electron chi connectivity index (χ3n) is 4.98. The van der Waals surface area contributed by atoms with Crippen LogP contribution in [0.3, 0.4) is 0 Å². The minimum absolute atomic E-state index is 0.186. The number of para-hydroxylation sites is 1. The second-order valence-corrected chi connectivity index (χ2v) is 9.67. The Morgan fingerprint density at radius 3 is 2.06 bits per heavy atom. The Hall–Kier alpha value is -2.91. The highest BCUT2D eigenvalue weighted by molar-refractivity contribution is 7.90. The van der Waals surface area contributed by atoms with Gasteiger partial charge >= 0.3 is 10.2 Å². The first-order valence-corrected chi connectivity index (χ1v) is 11.9. The van der Waals surface area contributed by atoms with Crippen molar-refractivity contribution in [1.82, 2.24) is 14.5 Å². The molecule has 0 fully saturated rings. The first-order valence-electron chi connectivity index (χ1n) is 10.5. The van der Waals surface area contributed by atoms with Crippen molar-refractivity contribution < 1.29 is 18.0 Å². The van der Waals surface area contributed by atoms with E-state index in [1.54, 1.807) is 37.3 Å². The van der Waals surface area contributed by atoms with E-state index >= 15 is 0 Å². The van der Waals surface area contributed by atoms with Gasteiger partial charge in [0.15, 0.2) is 0 Å². The van der Waals surface area contributed by atoms with Gasteiger partial charge in [0, 0.05) is 27.2 Å². The number of rotatable bonds is 11. The fourth-order valence-corrected chi connectivity index (χ4v) is 4.13. The largest absolute Gasteiger partial charge is 0.354 e.